The van der Waals surface area contributed by atoms with Gasteiger partial charge in [0.1, 0.15) is 5.82 Å². The number of hydrogen-bond donors (Lipinski definition) is 1. The number of hydrogen-bond acceptors (Lipinski definition) is 2. The van der Waals surface area contributed by atoms with Crippen LogP contribution in [0.15, 0.2) is 18.2 Å². The van der Waals surface area contributed by atoms with E-state index in [1.165, 1.54) is 24.3 Å². The van der Waals surface area contributed by atoms with Crippen LogP contribution in [-0.4, -0.2) is 18.6 Å². The Bertz CT molecular complexity index is 300. The van der Waals surface area contributed by atoms with Crippen molar-refractivity contribution in [2.24, 2.45) is 0 Å². The molecule has 0 aliphatic carbocycles. The minimum absolute atomic E-state index is 0.272. The first-order chi connectivity index (χ1) is 7.72. The summed E-state index contributed by atoms with van der Waals surface area (Å²) in [6, 6.07) is 4.63. The van der Waals surface area contributed by atoms with Gasteiger partial charge in [0.05, 0.1) is 0 Å². The SMILES string of the molecule is CSCCCCNCc1cc(F)cc(Cl)c1. The summed E-state index contributed by atoms with van der Waals surface area (Å²) in [4.78, 5) is 0. The lowest BCUT2D eigenvalue weighted by atomic mass is 10.2. The highest BCUT2D eigenvalue weighted by Crippen LogP contribution is 2.13. The van der Waals surface area contributed by atoms with Gasteiger partial charge in [-0.3, -0.25) is 0 Å². The van der Waals surface area contributed by atoms with E-state index < -0.39 is 0 Å². The highest BCUT2D eigenvalue weighted by Gasteiger charge is 1.98. The lowest BCUT2D eigenvalue weighted by Crippen LogP contribution is -2.14. The van der Waals surface area contributed by atoms with Crippen molar-refractivity contribution in [1.82, 2.24) is 5.32 Å². The van der Waals surface area contributed by atoms with Crippen molar-refractivity contribution in [3.05, 3.63) is 34.6 Å². The average Bonchev–Trinajstić information content (AvgIpc) is 2.22. The zero-order valence-electron chi connectivity index (χ0n) is 9.43. The van der Waals surface area contributed by atoms with Gasteiger partial charge in [0.15, 0.2) is 0 Å². The van der Waals surface area contributed by atoms with Crippen LogP contribution < -0.4 is 5.32 Å². The van der Waals surface area contributed by atoms with E-state index in [1.54, 1.807) is 6.07 Å². The molecule has 16 heavy (non-hydrogen) atoms. The summed E-state index contributed by atoms with van der Waals surface area (Å²) in [5, 5.41) is 3.74. The Morgan fingerprint density at radius 1 is 1.31 bits per heavy atom. The molecule has 0 unspecified atom stereocenters. The van der Waals surface area contributed by atoms with E-state index >= 15 is 0 Å². The third-order valence-corrected chi connectivity index (χ3v) is 3.12. The van der Waals surface area contributed by atoms with Crippen molar-refractivity contribution in [2.45, 2.75) is 19.4 Å². The number of nitrogens with one attached hydrogen (secondary N) is 1. The van der Waals surface area contributed by atoms with Gasteiger partial charge in [0.2, 0.25) is 0 Å². The van der Waals surface area contributed by atoms with Gasteiger partial charge in [0.25, 0.3) is 0 Å². The Hall–Kier alpha value is -0.250. The molecule has 1 rings (SSSR count). The lowest BCUT2D eigenvalue weighted by Gasteiger charge is -2.05. The fourth-order valence-corrected chi connectivity index (χ4v) is 2.18. The predicted octanol–water partition coefficient (Wildman–Crippen LogP) is 3.71. The lowest BCUT2D eigenvalue weighted by molar-refractivity contribution is 0.615. The molecule has 0 saturated heterocycles. The zero-order valence-corrected chi connectivity index (χ0v) is 11.0. The second-order valence-electron chi connectivity index (χ2n) is 3.65. The highest BCUT2D eigenvalue weighted by atomic mass is 35.5. The molecule has 0 saturated carbocycles. The van der Waals surface area contributed by atoms with Crippen molar-refractivity contribution >= 4 is 23.4 Å². The molecule has 4 heteroatoms. The van der Waals surface area contributed by atoms with E-state index in [9.17, 15) is 4.39 Å². The van der Waals surface area contributed by atoms with Crippen LogP contribution in [0.25, 0.3) is 0 Å². The maximum Gasteiger partial charge on any atom is 0.125 e. The molecule has 1 aromatic carbocycles. The van der Waals surface area contributed by atoms with Gasteiger partial charge >= 0.3 is 0 Å². The molecule has 1 N–H and O–H groups in total. The Morgan fingerprint density at radius 2 is 2.12 bits per heavy atom. The fraction of sp³-hybridized carbons (Fsp3) is 0.500. The first-order valence-corrected chi connectivity index (χ1v) is 7.14. The monoisotopic (exact) mass is 261 g/mol. The smallest absolute Gasteiger partial charge is 0.125 e. The summed E-state index contributed by atoms with van der Waals surface area (Å²) in [5.74, 6) is 0.930. The number of unbranched alkanes of at least 4 members (excludes halogenated alkanes) is 1. The van der Waals surface area contributed by atoms with Gasteiger partial charge in [-0.2, -0.15) is 11.8 Å². The number of halogens is 2. The molecular weight excluding hydrogens is 245 g/mol. The average molecular weight is 262 g/mol. The molecule has 0 aliphatic heterocycles. The van der Waals surface area contributed by atoms with Gasteiger partial charge in [-0.25, -0.2) is 4.39 Å². The van der Waals surface area contributed by atoms with Gasteiger partial charge in [-0.05, 0) is 55.2 Å². The van der Waals surface area contributed by atoms with Crippen molar-refractivity contribution in [2.75, 3.05) is 18.6 Å². The molecule has 0 aliphatic rings. The van der Waals surface area contributed by atoms with Gasteiger partial charge in [-0.1, -0.05) is 11.6 Å². The summed E-state index contributed by atoms with van der Waals surface area (Å²) in [6.07, 6.45) is 4.49. The Kier molecular flexibility index (Phi) is 6.85. The largest absolute Gasteiger partial charge is 0.313 e. The molecule has 0 amide bonds. The summed E-state index contributed by atoms with van der Waals surface area (Å²) in [7, 11) is 0. The van der Waals surface area contributed by atoms with Crippen molar-refractivity contribution in [1.29, 1.82) is 0 Å². The second-order valence-corrected chi connectivity index (χ2v) is 5.08. The Labute approximate surface area is 106 Å². The van der Waals surface area contributed by atoms with Crippen LogP contribution >= 0.6 is 23.4 Å². The van der Waals surface area contributed by atoms with Crippen molar-refractivity contribution in [3.63, 3.8) is 0 Å². The molecular formula is C12H17ClFNS. The van der Waals surface area contributed by atoms with Crippen LogP contribution in [0.5, 0.6) is 0 Å². The third-order valence-electron chi connectivity index (χ3n) is 2.20. The minimum Gasteiger partial charge on any atom is -0.313 e. The molecule has 0 atom stereocenters. The number of benzene rings is 1. The number of thioether (sulfide) groups is 1. The topological polar surface area (TPSA) is 12.0 Å². The fourth-order valence-electron chi connectivity index (χ4n) is 1.44. The Morgan fingerprint density at radius 3 is 2.81 bits per heavy atom. The molecule has 0 aromatic heterocycles. The Balaban J connectivity index is 2.21. The molecule has 1 nitrogen and oxygen atoms in total. The second kappa shape index (κ2) is 7.93. The number of rotatable bonds is 7. The van der Waals surface area contributed by atoms with E-state index in [-0.39, 0.29) is 5.82 Å². The third kappa shape index (κ3) is 5.73. The molecule has 1 aromatic rings. The standard InChI is InChI=1S/C12H17ClFNS/c1-16-5-3-2-4-15-9-10-6-11(13)8-12(14)7-10/h6-8,15H,2-5,9H2,1H3. The molecule has 0 fully saturated rings. The molecule has 0 spiro atoms. The zero-order chi connectivity index (χ0) is 11.8. The van der Waals surface area contributed by atoms with Crippen molar-refractivity contribution in [3.8, 4) is 0 Å². The van der Waals surface area contributed by atoms with Crippen LogP contribution in [0, 0.1) is 5.82 Å². The van der Waals surface area contributed by atoms with Crippen LogP contribution in [0.4, 0.5) is 4.39 Å². The summed E-state index contributed by atoms with van der Waals surface area (Å²) in [5.41, 5.74) is 0.898. The summed E-state index contributed by atoms with van der Waals surface area (Å²) in [6.45, 7) is 1.64. The quantitative estimate of drug-likeness (QED) is 0.751. The highest BCUT2D eigenvalue weighted by molar-refractivity contribution is 7.98. The first-order valence-electron chi connectivity index (χ1n) is 5.37. The maximum atomic E-state index is 13.0. The van der Waals surface area contributed by atoms with E-state index in [2.05, 4.69) is 11.6 Å². The minimum atomic E-state index is -0.272. The maximum absolute atomic E-state index is 13.0. The van der Waals surface area contributed by atoms with E-state index in [0.717, 1.165) is 18.5 Å². The molecule has 0 bridgehead atoms. The summed E-state index contributed by atoms with van der Waals surface area (Å²) < 4.78 is 13.0. The summed E-state index contributed by atoms with van der Waals surface area (Å²) >= 11 is 7.63. The van der Waals surface area contributed by atoms with Crippen molar-refractivity contribution < 1.29 is 4.39 Å². The predicted molar refractivity (Wildman–Crippen MR) is 70.7 cm³/mol. The first kappa shape index (κ1) is 13.8. The molecule has 0 radical (unpaired) electrons. The van der Waals surface area contributed by atoms with Crippen LogP contribution in [0.1, 0.15) is 18.4 Å². The van der Waals surface area contributed by atoms with E-state index in [4.69, 9.17) is 11.6 Å². The van der Waals surface area contributed by atoms with Gasteiger partial charge in [-0.15, -0.1) is 0 Å². The van der Waals surface area contributed by atoms with Crippen LogP contribution in [-0.2, 0) is 6.54 Å². The molecule has 0 heterocycles. The van der Waals surface area contributed by atoms with Gasteiger partial charge in [0, 0.05) is 11.6 Å². The van der Waals surface area contributed by atoms with Crippen LogP contribution in [0.2, 0.25) is 5.02 Å². The van der Waals surface area contributed by atoms with E-state index in [1.807, 2.05) is 11.8 Å². The molecule has 90 valence electrons. The van der Waals surface area contributed by atoms with E-state index in [0.29, 0.717) is 11.6 Å². The normalized spacial score (nSPS) is 10.7. The van der Waals surface area contributed by atoms with Crippen LogP contribution in [0.3, 0.4) is 0 Å². The van der Waals surface area contributed by atoms with Gasteiger partial charge < -0.3 is 5.32 Å².